The average Bonchev–Trinajstić information content (AvgIpc) is 3.28. The molecule has 5 rings (SSSR count). The van der Waals surface area contributed by atoms with Crippen molar-refractivity contribution in [1.82, 2.24) is 4.57 Å². The van der Waals surface area contributed by atoms with Gasteiger partial charge in [0.1, 0.15) is 5.75 Å². The van der Waals surface area contributed by atoms with Crippen LogP contribution in [0.3, 0.4) is 0 Å². The molecule has 1 amide bonds. The van der Waals surface area contributed by atoms with E-state index in [-0.39, 0.29) is 17.6 Å². The smallest absolute Gasteiger partial charge is 0.271 e. The van der Waals surface area contributed by atoms with Crippen molar-refractivity contribution in [3.8, 4) is 17.2 Å². The van der Waals surface area contributed by atoms with Crippen LogP contribution in [0.4, 0.5) is 5.69 Å². The van der Waals surface area contributed by atoms with Gasteiger partial charge in [-0.3, -0.25) is 14.2 Å². The Balaban J connectivity index is 1.67. The van der Waals surface area contributed by atoms with Crippen LogP contribution in [0.25, 0.3) is 6.08 Å². The molecule has 1 aliphatic rings. The van der Waals surface area contributed by atoms with Crippen molar-refractivity contribution in [1.29, 1.82) is 0 Å². The Labute approximate surface area is 248 Å². The zero-order valence-corrected chi connectivity index (χ0v) is 25.0. The standard InChI is InChI=1S/C33H33N3O5S/c1-6-40-25-17-15-22(16-18-25)29-28(31(37)35-24-12-8-7-9-13-24)21(4)34-33-36(29)32(38)27(42-33)19-23-11-10-14-26(39-5)30(23)41-20(2)3/h7-20,29H,6H2,1-5H3,(H,35,37)/b27-19-/t29-/m0/s1. The van der Waals surface area contributed by atoms with Gasteiger partial charge in [0, 0.05) is 11.3 Å². The summed E-state index contributed by atoms with van der Waals surface area (Å²) in [5.74, 6) is 1.52. The molecule has 3 aromatic carbocycles. The molecule has 0 bridgehead atoms. The lowest BCUT2D eigenvalue weighted by Crippen LogP contribution is -2.40. The number of carbonyl (C=O) groups is 1. The van der Waals surface area contributed by atoms with Crippen molar-refractivity contribution in [2.45, 2.75) is 39.8 Å². The number of para-hydroxylation sites is 2. The average molecular weight is 584 g/mol. The molecule has 0 saturated carbocycles. The lowest BCUT2D eigenvalue weighted by molar-refractivity contribution is -0.113. The SMILES string of the molecule is CCOc1ccc([C@H]2C(C(=O)Nc3ccccc3)=C(C)N=c3s/c(=C\c4cccc(OC)c4OC(C)C)c(=O)n32)cc1. The highest BCUT2D eigenvalue weighted by atomic mass is 32.1. The van der Waals surface area contributed by atoms with E-state index in [9.17, 15) is 9.59 Å². The van der Waals surface area contributed by atoms with Crippen molar-refractivity contribution in [3.63, 3.8) is 0 Å². The Morgan fingerprint density at radius 1 is 1.07 bits per heavy atom. The zero-order valence-electron chi connectivity index (χ0n) is 24.2. The second kappa shape index (κ2) is 12.5. The molecule has 216 valence electrons. The Hall–Kier alpha value is -4.63. The van der Waals surface area contributed by atoms with Gasteiger partial charge in [0.2, 0.25) is 0 Å². The predicted molar refractivity (Wildman–Crippen MR) is 165 cm³/mol. The number of carbonyl (C=O) groups excluding carboxylic acids is 1. The number of hydrogen-bond donors (Lipinski definition) is 1. The summed E-state index contributed by atoms with van der Waals surface area (Å²) in [5.41, 5.74) is 2.81. The number of methoxy groups -OCH3 is 1. The van der Waals surface area contributed by atoms with Crippen molar-refractivity contribution < 1.29 is 19.0 Å². The second-order valence-electron chi connectivity index (χ2n) is 9.95. The molecule has 1 aliphatic heterocycles. The molecule has 0 radical (unpaired) electrons. The van der Waals surface area contributed by atoms with Gasteiger partial charge in [-0.25, -0.2) is 4.99 Å². The lowest BCUT2D eigenvalue weighted by Gasteiger charge is -2.25. The molecule has 2 heterocycles. The first kappa shape index (κ1) is 28.9. The lowest BCUT2D eigenvalue weighted by atomic mass is 9.95. The molecular weight excluding hydrogens is 550 g/mol. The summed E-state index contributed by atoms with van der Waals surface area (Å²) in [6, 6.07) is 21.6. The summed E-state index contributed by atoms with van der Waals surface area (Å²) in [6.45, 7) is 8.13. The third kappa shape index (κ3) is 5.87. The van der Waals surface area contributed by atoms with E-state index in [0.29, 0.717) is 55.7 Å². The Bertz CT molecular complexity index is 1810. The zero-order chi connectivity index (χ0) is 29.8. The van der Waals surface area contributed by atoms with E-state index >= 15 is 0 Å². The van der Waals surface area contributed by atoms with Crippen LogP contribution < -0.4 is 34.4 Å². The molecule has 0 aliphatic carbocycles. The fourth-order valence-electron chi connectivity index (χ4n) is 4.87. The summed E-state index contributed by atoms with van der Waals surface area (Å²) < 4.78 is 19.3. The third-order valence-corrected chi connectivity index (χ3v) is 7.66. The maximum atomic E-state index is 14.1. The van der Waals surface area contributed by atoms with Gasteiger partial charge < -0.3 is 19.5 Å². The van der Waals surface area contributed by atoms with Gasteiger partial charge in [-0.05, 0) is 69.7 Å². The monoisotopic (exact) mass is 583 g/mol. The summed E-state index contributed by atoms with van der Waals surface area (Å²) in [6.07, 6.45) is 1.70. The molecule has 0 spiro atoms. The number of hydrogen-bond acceptors (Lipinski definition) is 7. The first-order valence-corrected chi connectivity index (χ1v) is 14.6. The highest BCUT2D eigenvalue weighted by Gasteiger charge is 2.32. The first-order chi connectivity index (χ1) is 20.3. The van der Waals surface area contributed by atoms with E-state index in [1.54, 1.807) is 24.7 Å². The van der Waals surface area contributed by atoms with Crippen molar-refractivity contribution in [2.75, 3.05) is 19.0 Å². The molecule has 9 heteroatoms. The fourth-order valence-corrected chi connectivity index (χ4v) is 5.91. The fraction of sp³-hybridized carbons (Fsp3) is 0.242. The minimum atomic E-state index is -0.695. The van der Waals surface area contributed by atoms with Crippen LogP contribution in [0.15, 0.2) is 93.9 Å². The van der Waals surface area contributed by atoms with Gasteiger partial charge in [-0.1, -0.05) is 53.8 Å². The molecule has 42 heavy (non-hydrogen) atoms. The van der Waals surface area contributed by atoms with Gasteiger partial charge in [0.05, 0.1) is 41.7 Å². The Morgan fingerprint density at radius 3 is 2.48 bits per heavy atom. The maximum absolute atomic E-state index is 14.1. The quantitative estimate of drug-likeness (QED) is 0.297. The van der Waals surface area contributed by atoms with E-state index in [1.807, 2.05) is 93.6 Å². The second-order valence-corrected chi connectivity index (χ2v) is 11.0. The molecule has 0 fully saturated rings. The maximum Gasteiger partial charge on any atom is 0.271 e. The first-order valence-electron chi connectivity index (χ1n) is 13.8. The van der Waals surface area contributed by atoms with Crippen LogP contribution in [-0.2, 0) is 4.79 Å². The Morgan fingerprint density at radius 2 is 1.81 bits per heavy atom. The molecule has 1 aromatic heterocycles. The number of rotatable bonds is 9. The highest BCUT2D eigenvalue weighted by Crippen LogP contribution is 2.34. The summed E-state index contributed by atoms with van der Waals surface area (Å²) in [4.78, 5) is 33.1. The van der Waals surface area contributed by atoms with Crippen LogP contribution in [0.1, 0.15) is 44.9 Å². The summed E-state index contributed by atoms with van der Waals surface area (Å²) >= 11 is 1.27. The summed E-state index contributed by atoms with van der Waals surface area (Å²) in [5, 5.41) is 2.98. The van der Waals surface area contributed by atoms with Crippen LogP contribution in [0.5, 0.6) is 17.2 Å². The number of benzene rings is 3. The number of allylic oxidation sites excluding steroid dienone is 1. The molecular formula is C33H33N3O5S. The third-order valence-electron chi connectivity index (χ3n) is 6.67. The molecule has 8 nitrogen and oxygen atoms in total. The minimum Gasteiger partial charge on any atom is -0.494 e. The van der Waals surface area contributed by atoms with E-state index in [4.69, 9.17) is 19.2 Å². The van der Waals surface area contributed by atoms with Gasteiger partial charge in [0.15, 0.2) is 16.3 Å². The predicted octanol–water partition coefficient (Wildman–Crippen LogP) is 5.07. The van der Waals surface area contributed by atoms with Crippen LogP contribution >= 0.6 is 11.3 Å². The normalized spacial score (nSPS) is 14.8. The number of aromatic nitrogens is 1. The van der Waals surface area contributed by atoms with Gasteiger partial charge >= 0.3 is 0 Å². The largest absolute Gasteiger partial charge is 0.494 e. The van der Waals surface area contributed by atoms with Gasteiger partial charge in [0.25, 0.3) is 11.5 Å². The van der Waals surface area contributed by atoms with Crippen molar-refractivity contribution in [2.24, 2.45) is 4.99 Å². The van der Waals surface area contributed by atoms with Crippen molar-refractivity contribution in [3.05, 3.63) is 115 Å². The van der Waals surface area contributed by atoms with E-state index in [2.05, 4.69) is 5.32 Å². The summed E-state index contributed by atoms with van der Waals surface area (Å²) in [7, 11) is 1.59. The molecule has 0 unspecified atom stereocenters. The van der Waals surface area contributed by atoms with Crippen molar-refractivity contribution >= 4 is 29.0 Å². The number of thiazole rings is 1. The van der Waals surface area contributed by atoms with E-state index in [1.165, 1.54) is 11.3 Å². The number of anilines is 1. The van der Waals surface area contributed by atoms with Gasteiger partial charge in [-0.2, -0.15) is 0 Å². The number of nitrogens with zero attached hydrogens (tertiary/aromatic N) is 2. The molecule has 1 N–H and O–H groups in total. The highest BCUT2D eigenvalue weighted by molar-refractivity contribution is 7.07. The Kier molecular flexibility index (Phi) is 8.59. The van der Waals surface area contributed by atoms with Gasteiger partial charge in [-0.15, -0.1) is 0 Å². The molecule has 1 atom stereocenters. The van der Waals surface area contributed by atoms with E-state index < -0.39 is 6.04 Å². The van der Waals surface area contributed by atoms with E-state index in [0.717, 1.165) is 5.56 Å². The molecule has 4 aromatic rings. The number of nitrogens with one attached hydrogen (secondary N) is 1. The van der Waals surface area contributed by atoms with Crippen LogP contribution in [-0.4, -0.2) is 30.3 Å². The van der Waals surface area contributed by atoms with Crippen LogP contribution in [0.2, 0.25) is 0 Å². The van der Waals surface area contributed by atoms with Crippen LogP contribution in [0, 0.1) is 0 Å². The number of fused-ring (bicyclic) bond motifs is 1. The molecule has 0 saturated heterocycles. The number of amides is 1. The topological polar surface area (TPSA) is 91.2 Å². The number of ether oxygens (including phenoxy) is 3. The minimum absolute atomic E-state index is 0.0948.